The lowest BCUT2D eigenvalue weighted by Gasteiger charge is -2.22. The highest BCUT2D eigenvalue weighted by Crippen LogP contribution is 2.30. The molecule has 29 heavy (non-hydrogen) atoms. The number of aromatic amines is 1. The van der Waals surface area contributed by atoms with Gasteiger partial charge in [-0.2, -0.15) is 5.10 Å². The summed E-state index contributed by atoms with van der Waals surface area (Å²) in [5, 5.41) is 7.92. The van der Waals surface area contributed by atoms with Crippen LogP contribution in [0.3, 0.4) is 0 Å². The van der Waals surface area contributed by atoms with Gasteiger partial charge in [0, 0.05) is 36.1 Å². The van der Waals surface area contributed by atoms with Crippen molar-refractivity contribution in [3.8, 4) is 5.75 Å². The van der Waals surface area contributed by atoms with Gasteiger partial charge in [-0.3, -0.25) is 14.8 Å². The Morgan fingerprint density at radius 1 is 1.28 bits per heavy atom. The van der Waals surface area contributed by atoms with Crippen molar-refractivity contribution in [3.05, 3.63) is 48.5 Å². The van der Waals surface area contributed by atoms with E-state index in [-0.39, 0.29) is 11.9 Å². The molecule has 1 fully saturated rings. The van der Waals surface area contributed by atoms with E-state index in [4.69, 9.17) is 10.5 Å². The minimum absolute atomic E-state index is 0.0543. The first-order valence-electron chi connectivity index (χ1n) is 9.55. The predicted octanol–water partition coefficient (Wildman–Crippen LogP) is 3.04. The minimum atomic E-state index is -0.564. The molecule has 1 aromatic heterocycles. The Balaban J connectivity index is 1.54. The number of nitrogens with one attached hydrogen (secondary N) is 1. The van der Waals surface area contributed by atoms with Crippen molar-refractivity contribution in [3.63, 3.8) is 0 Å². The normalized spacial score (nSPS) is 16.6. The number of para-hydroxylation sites is 1. The van der Waals surface area contributed by atoms with Gasteiger partial charge in [0.05, 0.1) is 5.52 Å². The molecule has 150 valence electrons. The molecule has 8 heteroatoms. The van der Waals surface area contributed by atoms with Gasteiger partial charge in [-0.25, -0.2) is 4.79 Å². The molecule has 0 aliphatic carbocycles. The first-order chi connectivity index (χ1) is 14.0. The van der Waals surface area contributed by atoms with E-state index in [0.717, 1.165) is 11.1 Å². The molecule has 2 aromatic carbocycles. The molecule has 0 radical (unpaired) electrons. The van der Waals surface area contributed by atoms with Crippen molar-refractivity contribution in [1.82, 2.24) is 10.2 Å². The standard InChI is InChI=1S/C21H23N5O3/c1-13(2)26(21(22)28)19-16-9-8-15(12-17(16)23-24-19)29-18-10-11-25(20(18)27)14-6-4-3-5-7-14/h3-9,12-13,18H,10-11H2,1-2H3,(H2,22,28)(H,23,24). The van der Waals surface area contributed by atoms with Crippen molar-refractivity contribution in [2.24, 2.45) is 5.73 Å². The van der Waals surface area contributed by atoms with Gasteiger partial charge in [-0.15, -0.1) is 0 Å². The van der Waals surface area contributed by atoms with Gasteiger partial charge in [0.2, 0.25) is 0 Å². The highest BCUT2D eigenvalue weighted by atomic mass is 16.5. The molecule has 3 amide bonds. The Hall–Kier alpha value is -3.55. The van der Waals surface area contributed by atoms with E-state index in [1.54, 1.807) is 17.0 Å². The van der Waals surface area contributed by atoms with E-state index >= 15 is 0 Å². The summed E-state index contributed by atoms with van der Waals surface area (Å²) in [6.07, 6.45) is 0.0795. The second kappa shape index (κ2) is 7.46. The Bertz CT molecular complexity index is 1050. The van der Waals surface area contributed by atoms with E-state index in [1.807, 2.05) is 50.2 Å². The quantitative estimate of drug-likeness (QED) is 0.695. The lowest BCUT2D eigenvalue weighted by Crippen LogP contribution is -2.41. The molecule has 1 atom stereocenters. The third-order valence-electron chi connectivity index (χ3n) is 5.00. The maximum absolute atomic E-state index is 12.7. The first-order valence-corrected chi connectivity index (χ1v) is 9.55. The van der Waals surface area contributed by atoms with E-state index in [2.05, 4.69) is 10.2 Å². The fraction of sp³-hybridized carbons (Fsp3) is 0.286. The van der Waals surface area contributed by atoms with Crippen LogP contribution >= 0.6 is 0 Å². The maximum atomic E-state index is 12.7. The second-order valence-electron chi connectivity index (χ2n) is 7.28. The molecular weight excluding hydrogens is 370 g/mol. The number of urea groups is 1. The lowest BCUT2D eigenvalue weighted by molar-refractivity contribution is -0.122. The number of H-pyrrole nitrogens is 1. The number of primary amides is 1. The fourth-order valence-corrected chi connectivity index (χ4v) is 3.64. The molecule has 8 nitrogen and oxygen atoms in total. The van der Waals surface area contributed by atoms with Gasteiger partial charge in [0.25, 0.3) is 5.91 Å². The SMILES string of the molecule is CC(C)N(C(N)=O)c1n[nH]c2cc(OC3CCN(c4ccccc4)C3=O)ccc12. The monoisotopic (exact) mass is 393 g/mol. The smallest absolute Gasteiger partial charge is 0.320 e. The molecule has 2 heterocycles. The van der Waals surface area contributed by atoms with Crippen molar-refractivity contribution in [2.45, 2.75) is 32.4 Å². The van der Waals surface area contributed by atoms with Crippen molar-refractivity contribution in [2.75, 3.05) is 16.3 Å². The Morgan fingerprint density at radius 2 is 2.03 bits per heavy atom. The molecule has 0 saturated carbocycles. The molecule has 0 bridgehead atoms. The van der Waals surface area contributed by atoms with Gasteiger partial charge in [-0.1, -0.05) is 18.2 Å². The highest BCUT2D eigenvalue weighted by Gasteiger charge is 2.34. The number of hydrogen-bond acceptors (Lipinski definition) is 4. The zero-order valence-corrected chi connectivity index (χ0v) is 16.3. The molecular formula is C21H23N5O3. The fourth-order valence-electron chi connectivity index (χ4n) is 3.64. The number of carbonyl (C=O) groups excluding carboxylic acids is 2. The molecule has 1 aliphatic heterocycles. The molecule has 3 aromatic rings. The van der Waals surface area contributed by atoms with Crippen LogP contribution < -0.4 is 20.3 Å². The van der Waals surface area contributed by atoms with Crippen LogP contribution in [0.2, 0.25) is 0 Å². The summed E-state index contributed by atoms with van der Waals surface area (Å²) in [5.74, 6) is 0.985. The average Bonchev–Trinajstić information content (AvgIpc) is 3.26. The number of fused-ring (bicyclic) bond motifs is 1. The van der Waals surface area contributed by atoms with Gasteiger partial charge in [0.1, 0.15) is 5.75 Å². The van der Waals surface area contributed by atoms with Crippen LogP contribution in [0.1, 0.15) is 20.3 Å². The third-order valence-corrected chi connectivity index (χ3v) is 5.00. The number of amides is 3. The van der Waals surface area contributed by atoms with Crippen molar-refractivity contribution < 1.29 is 14.3 Å². The van der Waals surface area contributed by atoms with Gasteiger partial charge in [-0.05, 0) is 38.1 Å². The number of rotatable bonds is 5. The zero-order valence-electron chi connectivity index (χ0n) is 16.3. The number of carbonyl (C=O) groups is 2. The highest BCUT2D eigenvalue weighted by molar-refractivity contribution is 6.01. The van der Waals surface area contributed by atoms with E-state index in [1.165, 1.54) is 4.90 Å². The summed E-state index contributed by atoms with van der Waals surface area (Å²) in [6.45, 7) is 4.35. The number of nitrogens with zero attached hydrogens (tertiary/aromatic N) is 3. The zero-order chi connectivity index (χ0) is 20.5. The molecule has 1 saturated heterocycles. The number of nitrogens with two attached hydrogens (primary N) is 1. The van der Waals surface area contributed by atoms with Crippen LogP contribution in [-0.4, -0.2) is 40.8 Å². The largest absolute Gasteiger partial charge is 0.480 e. The predicted molar refractivity (Wildman–Crippen MR) is 111 cm³/mol. The number of benzene rings is 2. The number of hydrogen-bond donors (Lipinski definition) is 2. The Labute approximate surface area is 168 Å². The second-order valence-corrected chi connectivity index (χ2v) is 7.28. The maximum Gasteiger partial charge on any atom is 0.320 e. The van der Waals surface area contributed by atoms with Gasteiger partial charge < -0.3 is 15.4 Å². The molecule has 3 N–H and O–H groups in total. The van der Waals surface area contributed by atoms with E-state index < -0.39 is 12.1 Å². The van der Waals surface area contributed by atoms with Gasteiger partial charge >= 0.3 is 6.03 Å². The van der Waals surface area contributed by atoms with Crippen LogP contribution in [0.4, 0.5) is 16.3 Å². The lowest BCUT2D eigenvalue weighted by atomic mass is 10.2. The van der Waals surface area contributed by atoms with Crippen LogP contribution in [0, 0.1) is 0 Å². The van der Waals surface area contributed by atoms with Gasteiger partial charge in [0.15, 0.2) is 11.9 Å². The summed E-state index contributed by atoms with van der Waals surface area (Å²) >= 11 is 0. The summed E-state index contributed by atoms with van der Waals surface area (Å²) in [6, 6.07) is 14.3. The molecule has 4 rings (SSSR count). The third kappa shape index (κ3) is 3.49. The first kappa shape index (κ1) is 18.8. The van der Waals surface area contributed by atoms with Crippen LogP contribution in [0.25, 0.3) is 10.9 Å². The van der Waals surface area contributed by atoms with Crippen molar-refractivity contribution >= 4 is 34.3 Å². The van der Waals surface area contributed by atoms with E-state index in [9.17, 15) is 9.59 Å². The summed E-state index contributed by atoms with van der Waals surface area (Å²) in [4.78, 5) is 27.7. The minimum Gasteiger partial charge on any atom is -0.480 e. The van der Waals surface area contributed by atoms with Crippen LogP contribution in [0.15, 0.2) is 48.5 Å². The number of ether oxygens (including phenoxy) is 1. The van der Waals surface area contributed by atoms with Crippen molar-refractivity contribution in [1.29, 1.82) is 0 Å². The summed E-state index contributed by atoms with van der Waals surface area (Å²) < 4.78 is 5.97. The van der Waals surface area contributed by atoms with Crippen LogP contribution in [-0.2, 0) is 4.79 Å². The molecule has 1 unspecified atom stereocenters. The Morgan fingerprint density at radius 3 is 2.72 bits per heavy atom. The average molecular weight is 393 g/mol. The Kier molecular flexibility index (Phi) is 4.84. The molecule has 0 spiro atoms. The topological polar surface area (TPSA) is 105 Å². The molecule has 1 aliphatic rings. The number of anilines is 2. The van der Waals surface area contributed by atoms with Crippen LogP contribution in [0.5, 0.6) is 5.75 Å². The van der Waals surface area contributed by atoms with E-state index in [0.29, 0.717) is 30.0 Å². The summed E-state index contributed by atoms with van der Waals surface area (Å²) in [5.41, 5.74) is 7.08. The number of aromatic nitrogens is 2. The summed E-state index contributed by atoms with van der Waals surface area (Å²) in [7, 11) is 0.